The average molecular weight is 670 g/mol. The summed E-state index contributed by atoms with van der Waals surface area (Å²) in [4.78, 5) is 43.4. The van der Waals surface area contributed by atoms with E-state index in [-0.39, 0.29) is 31.1 Å². The van der Waals surface area contributed by atoms with Gasteiger partial charge in [0.2, 0.25) is 5.91 Å². The molecule has 0 aliphatic carbocycles. The van der Waals surface area contributed by atoms with Gasteiger partial charge in [0.25, 0.3) is 5.91 Å². The zero-order valence-corrected chi connectivity index (χ0v) is 27.2. The summed E-state index contributed by atoms with van der Waals surface area (Å²) in [6.45, 7) is 9.60. The van der Waals surface area contributed by atoms with Gasteiger partial charge in [0.05, 0.1) is 28.8 Å². The van der Waals surface area contributed by atoms with Crippen LogP contribution in [0.4, 0.5) is 18.9 Å². The molecular formula is C35H38F3N3O5S. The lowest BCUT2D eigenvalue weighted by Crippen LogP contribution is -2.27. The van der Waals surface area contributed by atoms with Crippen LogP contribution >= 0.6 is 11.3 Å². The number of allylic oxidation sites excluding steroid dienone is 3. The summed E-state index contributed by atoms with van der Waals surface area (Å²) in [6.07, 6.45) is 4.58. The topological polar surface area (TPSA) is 107 Å². The van der Waals surface area contributed by atoms with Crippen LogP contribution < -0.4 is 15.4 Å². The van der Waals surface area contributed by atoms with Crippen LogP contribution in [0.3, 0.4) is 0 Å². The minimum absolute atomic E-state index is 0.0235. The number of hydrogen-bond acceptors (Lipinski definition) is 7. The van der Waals surface area contributed by atoms with Crippen molar-refractivity contribution >= 4 is 34.8 Å². The fraction of sp³-hybridized carbons (Fsp3) is 0.314. The Morgan fingerprint density at radius 2 is 1.77 bits per heavy atom. The van der Waals surface area contributed by atoms with Crippen LogP contribution in [0.5, 0.6) is 5.75 Å². The summed E-state index contributed by atoms with van der Waals surface area (Å²) >= 11 is 1.55. The normalized spacial score (nSPS) is 13.1. The zero-order valence-electron chi connectivity index (χ0n) is 26.4. The first-order valence-electron chi connectivity index (χ1n) is 15.1. The highest BCUT2D eigenvalue weighted by Crippen LogP contribution is 2.34. The van der Waals surface area contributed by atoms with E-state index in [1.807, 2.05) is 26.0 Å². The second kappa shape index (κ2) is 17.8. The predicted octanol–water partition coefficient (Wildman–Crippen LogP) is 7.89. The maximum absolute atomic E-state index is 13.9. The van der Waals surface area contributed by atoms with E-state index in [0.717, 1.165) is 15.4 Å². The van der Waals surface area contributed by atoms with E-state index in [1.165, 1.54) is 30.3 Å². The Balaban J connectivity index is 1.87. The predicted molar refractivity (Wildman–Crippen MR) is 177 cm³/mol. The van der Waals surface area contributed by atoms with Gasteiger partial charge in [-0.1, -0.05) is 62.4 Å². The Kier molecular flexibility index (Phi) is 14.0. The number of ether oxygens (including phenoxy) is 2. The number of halogens is 3. The Morgan fingerprint density at radius 3 is 2.34 bits per heavy atom. The third-order valence-electron chi connectivity index (χ3n) is 6.90. The Labute approximate surface area is 276 Å². The molecule has 250 valence electrons. The van der Waals surface area contributed by atoms with Gasteiger partial charge in [0.1, 0.15) is 5.75 Å². The number of nitrogens with zero attached hydrogens (tertiary/aromatic N) is 1. The average Bonchev–Trinajstić information content (AvgIpc) is 3.46. The van der Waals surface area contributed by atoms with Gasteiger partial charge < -0.3 is 20.1 Å². The first kappa shape index (κ1) is 36.8. The molecule has 0 spiro atoms. The van der Waals surface area contributed by atoms with Gasteiger partial charge in [-0.2, -0.15) is 0 Å². The smallest absolute Gasteiger partial charge is 0.466 e. The van der Waals surface area contributed by atoms with Crippen LogP contribution in [0.2, 0.25) is 0 Å². The molecule has 0 radical (unpaired) electrons. The number of benzene rings is 2. The lowest BCUT2D eigenvalue weighted by molar-refractivity contribution is -0.274. The summed E-state index contributed by atoms with van der Waals surface area (Å²) in [5.41, 5.74) is 2.23. The number of thiazole rings is 1. The highest BCUT2D eigenvalue weighted by atomic mass is 32.1. The van der Waals surface area contributed by atoms with Gasteiger partial charge in [-0.05, 0) is 67.7 Å². The highest BCUT2D eigenvalue weighted by Gasteiger charge is 2.32. The van der Waals surface area contributed by atoms with Crippen molar-refractivity contribution in [1.82, 2.24) is 10.3 Å². The number of alkyl halides is 3. The summed E-state index contributed by atoms with van der Waals surface area (Å²) in [5, 5.41) is 6.54. The number of aryl methyl sites for hydroxylation is 1. The molecule has 2 atom stereocenters. The molecule has 0 saturated carbocycles. The molecule has 0 fully saturated rings. The fourth-order valence-electron chi connectivity index (χ4n) is 4.76. The largest absolute Gasteiger partial charge is 0.573 e. The van der Waals surface area contributed by atoms with Crippen LogP contribution in [0.15, 0.2) is 91.2 Å². The summed E-state index contributed by atoms with van der Waals surface area (Å²) in [6, 6.07) is 12.6. The van der Waals surface area contributed by atoms with Crippen LogP contribution in [0, 0.1) is 12.8 Å². The number of esters is 1. The van der Waals surface area contributed by atoms with Gasteiger partial charge in [0.15, 0.2) is 0 Å². The molecule has 0 aliphatic heterocycles. The number of hydrogen-bond donors (Lipinski definition) is 2. The van der Waals surface area contributed by atoms with E-state index < -0.39 is 35.8 Å². The summed E-state index contributed by atoms with van der Waals surface area (Å²) in [7, 11) is 0. The minimum Gasteiger partial charge on any atom is -0.466 e. The molecule has 2 aromatic carbocycles. The van der Waals surface area contributed by atoms with Crippen molar-refractivity contribution < 1.29 is 37.0 Å². The standard InChI is InChI=1S/C35H38F3N3O5S/c1-5-9-26(11-8-10-24(6-2)33(43)39-21-20-31(42)45-7-3)32(27-14-18-29(19-15-27)46-35(36,37)38)34(44)41-28-16-12-25(13-17-28)30-22-40-23(4)47-30/h6,8,10-19,22,26,32H,2,5,7,9,20-21H2,1,3-4H3,(H,39,43)(H,41,44)/b11-8+,24-10+. The van der Waals surface area contributed by atoms with E-state index in [1.54, 1.807) is 54.8 Å². The van der Waals surface area contributed by atoms with Crippen molar-refractivity contribution in [3.63, 3.8) is 0 Å². The molecule has 0 aliphatic rings. The van der Waals surface area contributed by atoms with Gasteiger partial charge in [-0.25, -0.2) is 4.98 Å². The Hall–Kier alpha value is -4.71. The number of carbonyl (C=O) groups excluding carboxylic acids is 3. The molecule has 8 nitrogen and oxygen atoms in total. The molecule has 2 unspecified atom stereocenters. The van der Waals surface area contributed by atoms with Crippen molar-refractivity contribution in [2.75, 3.05) is 18.5 Å². The van der Waals surface area contributed by atoms with E-state index in [2.05, 4.69) is 26.9 Å². The number of anilines is 1. The number of amides is 2. The molecule has 47 heavy (non-hydrogen) atoms. The number of nitrogens with one attached hydrogen (secondary N) is 2. The molecule has 1 heterocycles. The van der Waals surface area contributed by atoms with Crippen LogP contribution in [0.1, 0.15) is 49.6 Å². The van der Waals surface area contributed by atoms with Crippen molar-refractivity contribution in [3.8, 4) is 16.2 Å². The minimum atomic E-state index is -4.85. The van der Waals surface area contributed by atoms with E-state index in [4.69, 9.17) is 4.74 Å². The summed E-state index contributed by atoms with van der Waals surface area (Å²) < 4.78 is 47.3. The Morgan fingerprint density at radius 1 is 1.06 bits per heavy atom. The van der Waals surface area contributed by atoms with Crippen molar-refractivity contribution in [1.29, 1.82) is 0 Å². The maximum Gasteiger partial charge on any atom is 0.573 e. The monoisotopic (exact) mass is 669 g/mol. The van der Waals surface area contributed by atoms with E-state index in [9.17, 15) is 27.6 Å². The Bertz CT molecular complexity index is 1560. The number of carbonyl (C=O) groups is 3. The van der Waals surface area contributed by atoms with Crippen LogP contribution in [-0.4, -0.2) is 42.3 Å². The molecule has 3 aromatic rings. The molecule has 0 bridgehead atoms. The summed E-state index contributed by atoms with van der Waals surface area (Å²) in [5.74, 6) is -2.81. The SMILES string of the molecule is C=C/C(=C\C=C\C(CCC)C(C(=O)Nc1ccc(-c2cnc(C)s2)cc1)c1ccc(OC(F)(F)F)cc1)C(=O)NCCC(=O)OCC. The van der Waals surface area contributed by atoms with Gasteiger partial charge in [0, 0.05) is 24.0 Å². The third kappa shape index (κ3) is 11.9. The lowest BCUT2D eigenvalue weighted by Gasteiger charge is -2.25. The molecule has 0 saturated heterocycles. The first-order chi connectivity index (χ1) is 22.4. The first-order valence-corrected chi connectivity index (χ1v) is 15.9. The highest BCUT2D eigenvalue weighted by molar-refractivity contribution is 7.15. The third-order valence-corrected chi connectivity index (χ3v) is 7.86. The molecule has 2 amide bonds. The van der Waals surface area contributed by atoms with E-state index in [0.29, 0.717) is 24.1 Å². The quantitative estimate of drug-likeness (QED) is 0.0913. The van der Waals surface area contributed by atoms with Gasteiger partial charge in [-0.15, -0.1) is 24.5 Å². The molecule has 3 rings (SSSR count). The van der Waals surface area contributed by atoms with Crippen molar-refractivity contribution in [3.05, 3.63) is 102 Å². The van der Waals surface area contributed by atoms with Crippen LogP contribution in [0.25, 0.3) is 10.4 Å². The molecule has 12 heteroatoms. The zero-order chi connectivity index (χ0) is 34.4. The number of aromatic nitrogens is 1. The second-order valence-corrected chi connectivity index (χ2v) is 11.6. The van der Waals surface area contributed by atoms with Crippen molar-refractivity contribution in [2.45, 2.75) is 52.3 Å². The van der Waals surface area contributed by atoms with E-state index >= 15 is 0 Å². The number of rotatable bonds is 16. The molecule has 2 N–H and O–H groups in total. The molecular weight excluding hydrogens is 631 g/mol. The van der Waals surface area contributed by atoms with Gasteiger partial charge in [-0.3, -0.25) is 14.4 Å². The molecule has 1 aromatic heterocycles. The van der Waals surface area contributed by atoms with Crippen LogP contribution in [-0.2, 0) is 19.1 Å². The van der Waals surface area contributed by atoms with Gasteiger partial charge >= 0.3 is 12.3 Å². The maximum atomic E-state index is 13.9. The lowest BCUT2D eigenvalue weighted by atomic mass is 9.82. The van der Waals surface area contributed by atoms with Crippen molar-refractivity contribution in [2.24, 2.45) is 5.92 Å². The second-order valence-electron chi connectivity index (χ2n) is 10.4. The fourth-order valence-corrected chi connectivity index (χ4v) is 5.54.